The van der Waals surface area contributed by atoms with Gasteiger partial charge in [-0.3, -0.25) is 0 Å². The maximum absolute atomic E-state index is 13.4. The van der Waals surface area contributed by atoms with E-state index in [0.717, 1.165) is 18.4 Å². The lowest BCUT2D eigenvalue weighted by Gasteiger charge is -2.15. The summed E-state index contributed by atoms with van der Waals surface area (Å²) in [6.45, 7) is 4.88. The van der Waals surface area contributed by atoms with Gasteiger partial charge in [0, 0.05) is 12.2 Å². The lowest BCUT2D eigenvalue weighted by Crippen LogP contribution is -2.05. The molecule has 0 aliphatic heterocycles. The minimum Gasteiger partial charge on any atom is -0.381 e. The van der Waals surface area contributed by atoms with Crippen LogP contribution < -0.4 is 5.32 Å². The third-order valence-electron chi connectivity index (χ3n) is 3.45. The highest BCUT2D eigenvalue weighted by Crippen LogP contribution is 2.24. The van der Waals surface area contributed by atoms with Gasteiger partial charge < -0.3 is 5.32 Å². The molecular formula is C17H19ClFN. The van der Waals surface area contributed by atoms with Crippen LogP contribution in [0.4, 0.5) is 10.1 Å². The number of hydrogen-bond acceptors (Lipinski definition) is 1. The van der Waals surface area contributed by atoms with E-state index in [0.29, 0.717) is 6.54 Å². The van der Waals surface area contributed by atoms with Crippen molar-refractivity contribution in [1.29, 1.82) is 0 Å². The van der Waals surface area contributed by atoms with Crippen LogP contribution in [0.1, 0.15) is 30.5 Å². The summed E-state index contributed by atoms with van der Waals surface area (Å²) in [6.07, 6.45) is 1.95. The molecule has 0 heterocycles. The Bertz CT molecular complexity index is 573. The minimum atomic E-state index is -0.370. The molecule has 2 aromatic carbocycles. The van der Waals surface area contributed by atoms with E-state index in [1.165, 1.54) is 22.9 Å². The van der Waals surface area contributed by atoms with E-state index in [-0.39, 0.29) is 10.8 Å². The smallest absolute Gasteiger partial charge is 0.142 e. The van der Waals surface area contributed by atoms with Gasteiger partial charge in [-0.25, -0.2) is 4.39 Å². The lowest BCUT2D eigenvalue weighted by atomic mass is 10.0. The zero-order valence-electron chi connectivity index (χ0n) is 11.8. The second kappa shape index (κ2) is 6.76. The molecule has 106 valence electrons. The molecule has 0 bridgehead atoms. The molecule has 0 saturated heterocycles. The number of para-hydroxylation sites is 1. The molecule has 2 aromatic rings. The lowest BCUT2D eigenvalue weighted by molar-refractivity contribution is 0.626. The quantitative estimate of drug-likeness (QED) is 0.797. The summed E-state index contributed by atoms with van der Waals surface area (Å²) in [7, 11) is 0. The second-order valence-corrected chi connectivity index (χ2v) is 5.17. The fourth-order valence-electron chi connectivity index (χ4n) is 2.31. The van der Waals surface area contributed by atoms with Crippen LogP contribution in [0, 0.1) is 5.82 Å². The standard InChI is InChI=1S/C17H19ClFN/c1-3-13-6-5-7-14(4-2)17(13)20-11-12-8-9-15(18)16(19)10-12/h5-10,20H,3-4,11H2,1-2H3. The number of hydrogen-bond donors (Lipinski definition) is 1. The van der Waals surface area contributed by atoms with E-state index >= 15 is 0 Å². The van der Waals surface area contributed by atoms with Gasteiger partial charge in [-0.2, -0.15) is 0 Å². The van der Waals surface area contributed by atoms with Crippen LogP contribution in [-0.2, 0) is 19.4 Å². The largest absolute Gasteiger partial charge is 0.381 e. The summed E-state index contributed by atoms with van der Waals surface area (Å²) in [5.41, 5.74) is 4.64. The molecular weight excluding hydrogens is 273 g/mol. The Hall–Kier alpha value is -1.54. The average Bonchev–Trinajstić information content (AvgIpc) is 2.48. The van der Waals surface area contributed by atoms with Crippen molar-refractivity contribution >= 4 is 17.3 Å². The molecule has 2 rings (SSSR count). The molecule has 0 saturated carbocycles. The SMILES string of the molecule is CCc1cccc(CC)c1NCc1ccc(Cl)c(F)c1. The van der Waals surface area contributed by atoms with Gasteiger partial charge in [-0.05, 0) is 41.7 Å². The summed E-state index contributed by atoms with van der Waals surface area (Å²) < 4.78 is 13.4. The molecule has 0 spiro atoms. The number of rotatable bonds is 5. The first-order chi connectivity index (χ1) is 9.65. The third-order valence-corrected chi connectivity index (χ3v) is 3.76. The fourth-order valence-corrected chi connectivity index (χ4v) is 2.43. The first-order valence-electron chi connectivity index (χ1n) is 6.94. The third kappa shape index (κ3) is 3.31. The zero-order valence-corrected chi connectivity index (χ0v) is 12.6. The van der Waals surface area contributed by atoms with E-state index < -0.39 is 0 Å². The summed E-state index contributed by atoms with van der Waals surface area (Å²) in [5.74, 6) is -0.370. The first-order valence-corrected chi connectivity index (χ1v) is 7.32. The summed E-state index contributed by atoms with van der Waals surface area (Å²) in [5, 5.41) is 3.60. The van der Waals surface area contributed by atoms with Gasteiger partial charge >= 0.3 is 0 Å². The number of aryl methyl sites for hydroxylation is 2. The highest BCUT2D eigenvalue weighted by molar-refractivity contribution is 6.30. The number of nitrogens with one attached hydrogen (secondary N) is 1. The van der Waals surface area contributed by atoms with Crippen LogP contribution in [0.2, 0.25) is 5.02 Å². The Balaban J connectivity index is 2.19. The Kier molecular flexibility index (Phi) is 5.02. The van der Waals surface area contributed by atoms with Gasteiger partial charge in [0.2, 0.25) is 0 Å². The molecule has 0 aromatic heterocycles. The van der Waals surface area contributed by atoms with Gasteiger partial charge in [0.05, 0.1) is 5.02 Å². The molecule has 0 aliphatic carbocycles. The molecule has 1 nitrogen and oxygen atoms in total. The number of benzene rings is 2. The van der Waals surface area contributed by atoms with Crippen molar-refractivity contribution in [2.45, 2.75) is 33.2 Å². The van der Waals surface area contributed by atoms with Crippen molar-refractivity contribution in [1.82, 2.24) is 0 Å². The highest BCUT2D eigenvalue weighted by atomic mass is 35.5. The first kappa shape index (κ1) is 14.9. The predicted octanol–water partition coefficient (Wildman–Crippen LogP) is 5.22. The van der Waals surface area contributed by atoms with Crippen molar-refractivity contribution in [3.05, 3.63) is 63.9 Å². The van der Waals surface area contributed by atoms with E-state index in [2.05, 4.69) is 37.4 Å². The topological polar surface area (TPSA) is 12.0 Å². The van der Waals surface area contributed by atoms with Gasteiger partial charge in [0.25, 0.3) is 0 Å². The van der Waals surface area contributed by atoms with Crippen molar-refractivity contribution < 1.29 is 4.39 Å². The van der Waals surface area contributed by atoms with E-state index in [1.807, 2.05) is 6.07 Å². The van der Waals surface area contributed by atoms with Gasteiger partial charge in [-0.1, -0.05) is 49.7 Å². The highest BCUT2D eigenvalue weighted by Gasteiger charge is 2.06. The summed E-state index contributed by atoms with van der Waals surface area (Å²) >= 11 is 5.70. The molecule has 1 N–H and O–H groups in total. The summed E-state index contributed by atoms with van der Waals surface area (Å²) in [6, 6.07) is 11.3. The number of anilines is 1. The molecule has 20 heavy (non-hydrogen) atoms. The maximum Gasteiger partial charge on any atom is 0.142 e. The van der Waals surface area contributed by atoms with E-state index in [4.69, 9.17) is 11.6 Å². The average molecular weight is 292 g/mol. The summed E-state index contributed by atoms with van der Waals surface area (Å²) in [4.78, 5) is 0. The van der Waals surface area contributed by atoms with Gasteiger partial charge in [-0.15, -0.1) is 0 Å². The molecule has 0 radical (unpaired) electrons. The van der Waals surface area contributed by atoms with Gasteiger partial charge in [0.1, 0.15) is 5.82 Å². The Morgan fingerprint density at radius 2 is 1.70 bits per heavy atom. The van der Waals surface area contributed by atoms with Crippen molar-refractivity contribution in [2.75, 3.05) is 5.32 Å². The van der Waals surface area contributed by atoms with Crippen LogP contribution in [0.15, 0.2) is 36.4 Å². The monoisotopic (exact) mass is 291 g/mol. The van der Waals surface area contributed by atoms with Crippen molar-refractivity contribution in [3.63, 3.8) is 0 Å². The van der Waals surface area contributed by atoms with E-state index in [9.17, 15) is 4.39 Å². The molecule has 0 atom stereocenters. The Labute approximate surface area is 124 Å². The van der Waals surface area contributed by atoms with Crippen LogP contribution in [-0.4, -0.2) is 0 Å². The van der Waals surface area contributed by atoms with E-state index in [1.54, 1.807) is 6.07 Å². The maximum atomic E-state index is 13.4. The Morgan fingerprint density at radius 3 is 2.25 bits per heavy atom. The van der Waals surface area contributed by atoms with Crippen LogP contribution in [0.3, 0.4) is 0 Å². The van der Waals surface area contributed by atoms with Crippen LogP contribution >= 0.6 is 11.6 Å². The fraction of sp³-hybridized carbons (Fsp3) is 0.294. The molecule has 0 amide bonds. The normalized spacial score (nSPS) is 10.6. The number of halogens is 2. The van der Waals surface area contributed by atoms with Crippen molar-refractivity contribution in [3.8, 4) is 0 Å². The molecule has 0 unspecified atom stereocenters. The molecule has 0 aliphatic rings. The zero-order chi connectivity index (χ0) is 14.5. The van der Waals surface area contributed by atoms with Crippen molar-refractivity contribution in [2.24, 2.45) is 0 Å². The molecule has 0 fully saturated rings. The predicted molar refractivity (Wildman–Crippen MR) is 83.9 cm³/mol. The minimum absolute atomic E-state index is 0.164. The molecule has 3 heteroatoms. The second-order valence-electron chi connectivity index (χ2n) is 4.76. The van der Waals surface area contributed by atoms with Crippen LogP contribution in [0.25, 0.3) is 0 Å². The van der Waals surface area contributed by atoms with Gasteiger partial charge in [0.15, 0.2) is 0 Å². The van der Waals surface area contributed by atoms with Crippen LogP contribution in [0.5, 0.6) is 0 Å². The Morgan fingerprint density at radius 1 is 1.05 bits per heavy atom.